The number of aromatic hydroxyl groups is 1. The smallest absolute Gasteiger partial charge is 0.255 e. The zero-order chi connectivity index (χ0) is 39.3. The van der Waals surface area contributed by atoms with Crippen LogP contribution in [0.5, 0.6) is 23.0 Å². The Labute approximate surface area is 339 Å². The van der Waals surface area contributed by atoms with Crippen molar-refractivity contribution >= 4 is 61.1 Å². The number of likely N-dealkylation sites (N-methyl/N-ethyl adjacent to an activating group) is 1. The Balaban J connectivity index is 0.825. The largest absolute Gasteiger partial charge is 0.508 e. The molecule has 6 rings (SSSR count). The lowest BCUT2D eigenvalue weighted by molar-refractivity contribution is -0.125. The predicted octanol–water partition coefficient (Wildman–Crippen LogP) is 8.57. The normalized spacial score (nSPS) is 12.8. The molecule has 0 aliphatic carbocycles. The Hall–Kier alpha value is -4.95. The van der Waals surface area contributed by atoms with Crippen LogP contribution in [0.1, 0.15) is 48.0 Å². The summed E-state index contributed by atoms with van der Waals surface area (Å²) in [6.45, 7) is 4.03. The van der Waals surface area contributed by atoms with Gasteiger partial charge in [0.2, 0.25) is 5.91 Å². The molecule has 4 aromatic carbocycles. The number of amides is 2. The lowest BCUT2D eigenvalue weighted by atomic mass is 10.1. The molecule has 1 aliphatic rings. The van der Waals surface area contributed by atoms with Crippen molar-refractivity contribution in [2.24, 2.45) is 0 Å². The molecule has 0 saturated carbocycles. The van der Waals surface area contributed by atoms with Crippen molar-refractivity contribution in [1.82, 2.24) is 10.2 Å². The van der Waals surface area contributed by atoms with Crippen molar-refractivity contribution < 1.29 is 38.4 Å². The highest BCUT2D eigenvalue weighted by Gasteiger charge is 2.35. The first-order chi connectivity index (χ1) is 27.3. The number of hydrogen-bond acceptors (Lipinski definition) is 10. The van der Waals surface area contributed by atoms with E-state index in [1.165, 1.54) is 7.05 Å². The highest BCUT2D eigenvalue weighted by atomic mass is 79.9. The third-order valence-electron chi connectivity index (χ3n) is 9.27. The number of benzene rings is 4. The number of aldehydes is 1. The number of phenols is 1. The Morgan fingerprint density at radius 1 is 0.911 bits per heavy atom. The molecule has 2 heterocycles. The van der Waals surface area contributed by atoms with Crippen molar-refractivity contribution in [1.29, 1.82) is 0 Å². The zero-order valence-electron chi connectivity index (χ0n) is 31.3. The van der Waals surface area contributed by atoms with Crippen LogP contribution in [0.15, 0.2) is 89.4 Å². The fourth-order valence-corrected chi connectivity index (χ4v) is 7.86. The number of nitrogens with one attached hydrogen (secondary N) is 2. The van der Waals surface area contributed by atoms with E-state index in [0.29, 0.717) is 63.9 Å². The molecule has 0 saturated heterocycles. The molecule has 1 aromatic heterocycles. The van der Waals surface area contributed by atoms with Crippen molar-refractivity contribution in [3.05, 3.63) is 101 Å². The number of rotatable bonds is 22. The maximum absolute atomic E-state index is 13.0. The first kappa shape index (κ1) is 40.7. The maximum atomic E-state index is 13.0. The van der Waals surface area contributed by atoms with Gasteiger partial charge < -0.3 is 44.4 Å². The monoisotopic (exact) mass is 843 g/mol. The molecule has 2 amide bonds. The van der Waals surface area contributed by atoms with E-state index in [1.807, 2.05) is 66.7 Å². The predicted molar refractivity (Wildman–Crippen MR) is 222 cm³/mol. The van der Waals surface area contributed by atoms with E-state index in [9.17, 15) is 19.5 Å². The number of phenolic OH excluding ortho intramolecular Hbond substituents is 1. The van der Waals surface area contributed by atoms with Crippen LogP contribution in [0, 0.1) is 0 Å². The Kier molecular flexibility index (Phi) is 14.7. The van der Waals surface area contributed by atoms with Gasteiger partial charge in [0, 0.05) is 85.2 Å². The minimum Gasteiger partial charge on any atom is -0.508 e. The number of hydrogen-bond donors (Lipinski definition) is 3. The standard InChI is InChI=1S/C43H46BrN3O8S/c1-45-42(50)38(6-2-20-48)47-28-30-26-32(11-17-36(30)43(47)51)46-19-3-21-52-22-4-23-53-24-5-25-54-34-13-15-35(16-14-34)55-40-37-18-12-33(49)27-39(37)56-41(40)29-7-9-31(44)10-8-29/h7-18,20,26-27,38,46,49H,2-6,19,21-25,28H2,1H3,(H,45,50). The van der Waals surface area contributed by atoms with Gasteiger partial charge in [-0.2, -0.15) is 0 Å². The average molecular weight is 845 g/mol. The summed E-state index contributed by atoms with van der Waals surface area (Å²) in [5, 5.41) is 17.0. The quantitative estimate of drug-likeness (QED) is 0.0463. The third-order valence-corrected chi connectivity index (χ3v) is 11.0. The van der Waals surface area contributed by atoms with E-state index < -0.39 is 6.04 Å². The summed E-state index contributed by atoms with van der Waals surface area (Å²) < 4.78 is 25.8. The van der Waals surface area contributed by atoms with Crippen LogP contribution in [-0.2, 0) is 25.6 Å². The van der Waals surface area contributed by atoms with Gasteiger partial charge in [0.25, 0.3) is 5.91 Å². The number of anilines is 1. The summed E-state index contributed by atoms with van der Waals surface area (Å²) in [5.41, 5.74) is 3.39. The third kappa shape index (κ3) is 10.7. The van der Waals surface area contributed by atoms with Crippen LogP contribution in [-0.4, -0.2) is 80.8 Å². The van der Waals surface area contributed by atoms with Gasteiger partial charge in [0.05, 0.1) is 11.5 Å². The number of carbonyl (C=O) groups excluding carboxylic acids is 3. The van der Waals surface area contributed by atoms with Gasteiger partial charge in [-0.25, -0.2) is 0 Å². The van der Waals surface area contributed by atoms with Crippen LogP contribution in [0.25, 0.3) is 20.5 Å². The second kappa shape index (κ2) is 20.3. The van der Waals surface area contributed by atoms with Crippen LogP contribution < -0.4 is 20.1 Å². The molecule has 13 heteroatoms. The molecule has 0 radical (unpaired) electrons. The summed E-state index contributed by atoms with van der Waals surface area (Å²) in [4.78, 5) is 38.8. The van der Waals surface area contributed by atoms with Crippen molar-refractivity contribution in [3.63, 3.8) is 0 Å². The highest BCUT2D eigenvalue weighted by molar-refractivity contribution is 9.10. The van der Waals surface area contributed by atoms with Crippen molar-refractivity contribution in [2.75, 3.05) is 51.9 Å². The molecule has 0 fully saturated rings. The van der Waals surface area contributed by atoms with Crippen LogP contribution in [0.4, 0.5) is 5.69 Å². The summed E-state index contributed by atoms with van der Waals surface area (Å²) in [7, 11) is 1.53. The zero-order valence-corrected chi connectivity index (χ0v) is 33.7. The topological polar surface area (TPSA) is 136 Å². The molecule has 56 heavy (non-hydrogen) atoms. The number of carbonyl (C=O) groups is 3. The molecule has 11 nitrogen and oxygen atoms in total. The van der Waals surface area contributed by atoms with E-state index in [4.69, 9.17) is 18.9 Å². The van der Waals surface area contributed by atoms with Crippen LogP contribution in [0.2, 0.25) is 0 Å². The first-order valence-corrected chi connectivity index (χ1v) is 20.4. The Bertz CT molecular complexity index is 2090. The lowest BCUT2D eigenvalue weighted by Gasteiger charge is -2.25. The summed E-state index contributed by atoms with van der Waals surface area (Å²) in [6, 6.07) is 26.0. The fourth-order valence-electron chi connectivity index (χ4n) is 6.43. The second-order valence-electron chi connectivity index (χ2n) is 13.3. The molecule has 0 spiro atoms. The van der Waals surface area contributed by atoms with Gasteiger partial charge in [-0.1, -0.05) is 28.1 Å². The van der Waals surface area contributed by atoms with E-state index in [1.54, 1.807) is 34.4 Å². The number of halogens is 1. The molecule has 1 unspecified atom stereocenters. The van der Waals surface area contributed by atoms with Crippen LogP contribution in [0.3, 0.4) is 0 Å². The molecular formula is C43H46BrN3O8S. The number of thiophene rings is 1. The molecule has 3 N–H and O–H groups in total. The summed E-state index contributed by atoms with van der Waals surface area (Å²) >= 11 is 5.09. The number of fused-ring (bicyclic) bond motifs is 2. The number of ether oxygens (including phenoxy) is 4. The second-order valence-corrected chi connectivity index (χ2v) is 15.2. The van der Waals surface area contributed by atoms with E-state index >= 15 is 0 Å². The highest BCUT2D eigenvalue weighted by Crippen LogP contribution is 2.47. The maximum Gasteiger partial charge on any atom is 0.255 e. The molecule has 5 aromatic rings. The van der Waals surface area contributed by atoms with Gasteiger partial charge in [0.1, 0.15) is 29.6 Å². The first-order valence-electron chi connectivity index (χ1n) is 18.7. The van der Waals surface area contributed by atoms with E-state index in [2.05, 4.69) is 26.6 Å². The average Bonchev–Trinajstić information content (AvgIpc) is 3.73. The Morgan fingerprint density at radius 3 is 2.36 bits per heavy atom. The van der Waals surface area contributed by atoms with Gasteiger partial charge in [-0.15, -0.1) is 11.3 Å². The van der Waals surface area contributed by atoms with Gasteiger partial charge in [-0.3, -0.25) is 9.59 Å². The molecule has 294 valence electrons. The molecular weight excluding hydrogens is 798 g/mol. The van der Waals surface area contributed by atoms with E-state index in [0.717, 1.165) is 73.3 Å². The molecule has 1 atom stereocenters. The molecule has 1 aliphatic heterocycles. The Morgan fingerprint density at radius 2 is 1.62 bits per heavy atom. The van der Waals surface area contributed by atoms with Gasteiger partial charge in [-0.05, 0) is 103 Å². The van der Waals surface area contributed by atoms with Crippen molar-refractivity contribution in [3.8, 4) is 33.4 Å². The minimum absolute atomic E-state index is 0.189. The van der Waals surface area contributed by atoms with Gasteiger partial charge >= 0.3 is 0 Å². The fraction of sp³-hybridized carbons (Fsp3) is 0.326. The van der Waals surface area contributed by atoms with Crippen LogP contribution >= 0.6 is 27.3 Å². The minimum atomic E-state index is -0.674. The lowest BCUT2D eigenvalue weighted by Crippen LogP contribution is -2.46. The number of nitrogens with zero attached hydrogens (tertiary/aromatic N) is 1. The SMILES string of the molecule is CNC(=O)C(CCC=O)N1Cc2cc(NCCCOCCCOCCCOc3ccc(Oc4c(-c5ccc(Br)cc5)sc5cc(O)ccc45)cc3)ccc2C1=O. The summed E-state index contributed by atoms with van der Waals surface area (Å²) in [6.07, 6.45) is 3.67. The molecule has 0 bridgehead atoms. The van der Waals surface area contributed by atoms with Crippen molar-refractivity contribution in [2.45, 2.75) is 44.7 Å². The summed E-state index contributed by atoms with van der Waals surface area (Å²) in [5.74, 6) is 1.97. The van der Waals surface area contributed by atoms with E-state index in [-0.39, 0.29) is 24.0 Å². The van der Waals surface area contributed by atoms with Gasteiger partial charge in [0.15, 0.2) is 5.75 Å².